The summed E-state index contributed by atoms with van der Waals surface area (Å²) in [5.41, 5.74) is 1.87. The quantitative estimate of drug-likeness (QED) is 0.512. The van der Waals surface area contributed by atoms with E-state index in [2.05, 4.69) is 27.7 Å². The molecular weight excluding hydrogens is 383 g/mol. The summed E-state index contributed by atoms with van der Waals surface area (Å²) in [6, 6.07) is 11.7. The van der Waals surface area contributed by atoms with Crippen molar-refractivity contribution in [2.45, 2.75) is 38.5 Å². The normalized spacial score (nSPS) is 12.1. The predicted octanol–water partition coefficient (Wildman–Crippen LogP) is 6.28. The van der Waals surface area contributed by atoms with Crippen LogP contribution in [-0.4, -0.2) is 27.4 Å². The highest BCUT2D eigenvalue weighted by Gasteiger charge is 2.26. The maximum absolute atomic E-state index is 6.27. The number of hydrogen-bond donors (Lipinski definition) is 0. The van der Waals surface area contributed by atoms with Gasteiger partial charge in [0.05, 0.1) is 37.5 Å². The molecule has 0 saturated heterocycles. The lowest BCUT2D eigenvalue weighted by molar-refractivity contribution is 0.0633. The van der Waals surface area contributed by atoms with E-state index in [9.17, 15) is 0 Å². The van der Waals surface area contributed by atoms with Crippen LogP contribution in [0.2, 0.25) is 10.0 Å². The highest BCUT2D eigenvalue weighted by molar-refractivity contribution is 6.32. The molecule has 2 aromatic carbocycles. The van der Waals surface area contributed by atoms with E-state index in [1.165, 1.54) is 0 Å². The molecule has 0 N–H and O–H groups in total. The molecule has 0 aliphatic carbocycles. The highest BCUT2D eigenvalue weighted by atomic mass is 35.5. The van der Waals surface area contributed by atoms with Gasteiger partial charge in [0.15, 0.2) is 0 Å². The van der Waals surface area contributed by atoms with Gasteiger partial charge in [-0.2, -0.15) is 0 Å². The summed E-state index contributed by atoms with van der Waals surface area (Å²) < 4.78 is 16.6. The molecule has 0 heterocycles. The first-order valence-corrected chi connectivity index (χ1v) is 9.62. The van der Waals surface area contributed by atoms with Crippen LogP contribution in [0.15, 0.2) is 36.4 Å². The summed E-state index contributed by atoms with van der Waals surface area (Å²) >= 11 is 12.5. The first-order valence-electron chi connectivity index (χ1n) is 8.86. The van der Waals surface area contributed by atoms with Crippen LogP contribution < -0.4 is 9.47 Å². The molecular formula is C22H28Cl2O3. The molecule has 5 heteroatoms. The van der Waals surface area contributed by atoms with Gasteiger partial charge in [-0.05, 0) is 35.4 Å². The zero-order valence-corrected chi connectivity index (χ0v) is 18.4. The Labute approximate surface area is 172 Å². The van der Waals surface area contributed by atoms with Crippen molar-refractivity contribution in [3.63, 3.8) is 0 Å². The molecule has 0 aromatic heterocycles. The van der Waals surface area contributed by atoms with Gasteiger partial charge in [0.25, 0.3) is 0 Å². The van der Waals surface area contributed by atoms with Gasteiger partial charge in [0.1, 0.15) is 11.5 Å². The van der Waals surface area contributed by atoms with E-state index in [-0.39, 0.29) is 10.8 Å². The van der Waals surface area contributed by atoms with Crippen LogP contribution in [0.1, 0.15) is 38.8 Å². The SMILES string of the molecule is COc1ccc(C(C)(C)COCC(C)(C)c2ccc(OC)c(Cl)c2)cc1Cl. The lowest BCUT2D eigenvalue weighted by Gasteiger charge is -2.30. The second kappa shape index (κ2) is 8.72. The van der Waals surface area contributed by atoms with Crippen LogP contribution >= 0.6 is 23.2 Å². The molecule has 27 heavy (non-hydrogen) atoms. The van der Waals surface area contributed by atoms with E-state index >= 15 is 0 Å². The van der Waals surface area contributed by atoms with Crippen molar-refractivity contribution in [2.75, 3.05) is 27.4 Å². The summed E-state index contributed by atoms with van der Waals surface area (Å²) in [6.45, 7) is 9.71. The Morgan fingerprint density at radius 3 is 1.37 bits per heavy atom. The molecule has 0 atom stereocenters. The van der Waals surface area contributed by atoms with Crippen LogP contribution in [0.5, 0.6) is 11.5 Å². The smallest absolute Gasteiger partial charge is 0.137 e. The first-order chi connectivity index (χ1) is 12.6. The lowest BCUT2D eigenvalue weighted by atomic mass is 9.84. The van der Waals surface area contributed by atoms with E-state index in [0.717, 1.165) is 11.1 Å². The van der Waals surface area contributed by atoms with Crippen molar-refractivity contribution in [1.82, 2.24) is 0 Å². The minimum atomic E-state index is -0.177. The number of methoxy groups -OCH3 is 2. The van der Waals surface area contributed by atoms with Crippen molar-refractivity contribution in [3.05, 3.63) is 57.6 Å². The second-order valence-corrected chi connectivity index (χ2v) is 8.77. The topological polar surface area (TPSA) is 27.7 Å². The molecule has 0 amide bonds. The van der Waals surface area contributed by atoms with E-state index in [0.29, 0.717) is 34.8 Å². The number of ether oxygens (including phenoxy) is 3. The molecule has 0 fully saturated rings. The van der Waals surface area contributed by atoms with Crippen molar-refractivity contribution < 1.29 is 14.2 Å². The largest absolute Gasteiger partial charge is 0.495 e. The molecule has 0 spiro atoms. The van der Waals surface area contributed by atoms with Crippen LogP contribution in [0.4, 0.5) is 0 Å². The van der Waals surface area contributed by atoms with Crippen molar-refractivity contribution in [3.8, 4) is 11.5 Å². The first kappa shape index (κ1) is 21.9. The van der Waals surface area contributed by atoms with Crippen molar-refractivity contribution in [2.24, 2.45) is 0 Å². The molecule has 0 bridgehead atoms. The van der Waals surface area contributed by atoms with Crippen LogP contribution in [0.3, 0.4) is 0 Å². The van der Waals surface area contributed by atoms with Crippen LogP contribution in [0.25, 0.3) is 0 Å². The summed E-state index contributed by atoms with van der Waals surface area (Å²) in [6.07, 6.45) is 0. The second-order valence-electron chi connectivity index (χ2n) is 7.96. The standard InChI is InChI=1S/C22H28Cl2O3/c1-21(2,15-7-9-19(25-5)17(23)11-15)13-27-14-22(3,4)16-8-10-20(26-6)18(24)12-16/h7-12H,13-14H2,1-6H3. The van der Waals surface area contributed by atoms with Gasteiger partial charge in [0, 0.05) is 10.8 Å². The molecule has 3 nitrogen and oxygen atoms in total. The lowest BCUT2D eigenvalue weighted by Crippen LogP contribution is -2.30. The predicted molar refractivity (Wildman–Crippen MR) is 113 cm³/mol. The van der Waals surface area contributed by atoms with Gasteiger partial charge in [-0.15, -0.1) is 0 Å². The Kier molecular flexibility index (Phi) is 7.07. The maximum Gasteiger partial charge on any atom is 0.137 e. The molecule has 0 aliphatic heterocycles. The molecule has 0 unspecified atom stereocenters. The zero-order valence-electron chi connectivity index (χ0n) is 16.9. The third-order valence-electron chi connectivity index (χ3n) is 4.79. The van der Waals surface area contributed by atoms with Crippen molar-refractivity contribution >= 4 is 23.2 Å². The van der Waals surface area contributed by atoms with Gasteiger partial charge < -0.3 is 14.2 Å². The summed E-state index contributed by atoms with van der Waals surface area (Å²) in [5, 5.41) is 1.22. The van der Waals surface area contributed by atoms with Crippen molar-refractivity contribution in [1.29, 1.82) is 0 Å². The molecule has 148 valence electrons. The Morgan fingerprint density at radius 2 is 1.07 bits per heavy atom. The van der Waals surface area contributed by atoms with Gasteiger partial charge in [-0.1, -0.05) is 63.0 Å². The number of halogens is 2. The molecule has 0 radical (unpaired) electrons. The van der Waals surface area contributed by atoms with Crippen LogP contribution in [0, 0.1) is 0 Å². The molecule has 2 aromatic rings. The van der Waals surface area contributed by atoms with E-state index in [4.69, 9.17) is 37.4 Å². The Bertz CT molecular complexity index is 720. The monoisotopic (exact) mass is 410 g/mol. The highest BCUT2D eigenvalue weighted by Crippen LogP contribution is 2.34. The molecule has 2 rings (SSSR count). The fourth-order valence-corrected chi connectivity index (χ4v) is 3.42. The number of hydrogen-bond acceptors (Lipinski definition) is 3. The minimum absolute atomic E-state index is 0.177. The number of benzene rings is 2. The molecule has 0 saturated carbocycles. The van der Waals surface area contributed by atoms with Gasteiger partial charge in [-0.25, -0.2) is 0 Å². The fraction of sp³-hybridized carbons (Fsp3) is 0.455. The van der Waals surface area contributed by atoms with Crippen LogP contribution in [-0.2, 0) is 15.6 Å². The summed E-state index contributed by atoms with van der Waals surface area (Å²) in [4.78, 5) is 0. The Balaban J connectivity index is 2.05. The maximum atomic E-state index is 6.27. The minimum Gasteiger partial charge on any atom is -0.495 e. The summed E-state index contributed by atoms with van der Waals surface area (Å²) in [7, 11) is 3.23. The summed E-state index contributed by atoms with van der Waals surface area (Å²) in [5.74, 6) is 1.35. The number of rotatable bonds is 8. The zero-order chi connectivity index (χ0) is 20.2. The Hall–Kier alpha value is -1.42. The van der Waals surface area contributed by atoms with Gasteiger partial charge >= 0.3 is 0 Å². The van der Waals surface area contributed by atoms with E-state index in [1.807, 2.05) is 36.4 Å². The Morgan fingerprint density at radius 1 is 0.704 bits per heavy atom. The third kappa shape index (κ3) is 5.31. The fourth-order valence-electron chi connectivity index (χ4n) is 2.90. The van der Waals surface area contributed by atoms with E-state index < -0.39 is 0 Å². The molecule has 0 aliphatic rings. The van der Waals surface area contributed by atoms with Gasteiger partial charge in [0.2, 0.25) is 0 Å². The van der Waals surface area contributed by atoms with Gasteiger partial charge in [-0.3, -0.25) is 0 Å². The van der Waals surface area contributed by atoms with E-state index in [1.54, 1.807) is 14.2 Å². The average Bonchev–Trinajstić information content (AvgIpc) is 2.61. The third-order valence-corrected chi connectivity index (χ3v) is 5.38. The average molecular weight is 411 g/mol.